The van der Waals surface area contributed by atoms with Crippen LogP contribution in [0.25, 0.3) is 6.08 Å². The van der Waals surface area contributed by atoms with Gasteiger partial charge in [-0.2, -0.15) is 5.10 Å². The lowest BCUT2D eigenvalue weighted by atomic mass is 10.1. The van der Waals surface area contributed by atoms with Crippen LogP contribution in [0.2, 0.25) is 5.15 Å². The molecular formula is C23H26ClN3O7S2. The molecule has 2 aromatic heterocycles. The minimum atomic E-state index is -3.11. The number of rotatable bonds is 8. The summed E-state index contributed by atoms with van der Waals surface area (Å²) in [6.07, 6.45) is 5.53. The summed E-state index contributed by atoms with van der Waals surface area (Å²) in [4.78, 5) is 38.1. The average molecular weight is 556 g/mol. The van der Waals surface area contributed by atoms with Crippen molar-refractivity contribution in [3.05, 3.63) is 38.5 Å². The van der Waals surface area contributed by atoms with E-state index in [0.29, 0.717) is 28.2 Å². The Balaban J connectivity index is 1.36. The maximum absolute atomic E-state index is 12.4. The van der Waals surface area contributed by atoms with E-state index >= 15 is 0 Å². The number of ether oxygens (including phenoxy) is 2. The summed E-state index contributed by atoms with van der Waals surface area (Å²) in [5.74, 6) is -1.76. The highest BCUT2D eigenvalue weighted by Gasteiger charge is 2.32. The molecule has 2 aliphatic rings. The van der Waals surface area contributed by atoms with Crippen LogP contribution in [-0.4, -0.2) is 60.8 Å². The molecule has 0 bridgehead atoms. The van der Waals surface area contributed by atoms with Crippen molar-refractivity contribution in [1.29, 1.82) is 0 Å². The van der Waals surface area contributed by atoms with Gasteiger partial charge in [0.25, 0.3) is 5.91 Å². The molecule has 0 radical (unpaired) electrons. The Bertz CT molecular complexity index is 1340. The SMILES string of the molecule is CCOC(=O)c1c(NC(=O)COC(=O)/C=C/c2c(C)nn([C@@H]3CCS(=O)(=O)C3)c2Cl)sc2c1CCC2. The monoisotopic (exact) mass is 555 g/mol. The summed E-state index contributed by atoms with van der Waals surface area (Å²) < 4.78 is 35.2. The number of aromatic nitrogens is 2. The van der Waals surface area contributed by atoms with Crippen LogP contribution in [0.15, 0.2) is 6.08 Å². The number of anilines is 1. The van der Waals surface area contributed by atoms with E-state index < -0.39 is 34.3 Å². The smallest absolute Gasteiger partial charge is 0.341 e. The van der Waals surface area contributed by atoms with Gasteiger partial charge in [0.1, 0.15) is 10.2 Å². The number of thiophene rings is 1. The molecule has 1 aliphatic carbocycles. The zero-order valence-electron chi connectivity index (χ0n) is 19.8. The van der Waals surface area contributed by atoms with Gasteiger partial charge in [-0.05, 0) is 51.2 Å². The maximum Gasteiger partial charge on any atom is 0.341 e. The first-order chi connectivity index (χ1) is 17.1. The van der Waals surface area contributed by atoms with Crippen LogP contribution in [0.3, 0.4) is 0 Å². The summed E-state index contributed by atoms with van der Waals surface area (Å²) in [5, 5.41) is 7.62. The zero-order chi connectivity index (χ0) is 26.0. The fraction of sp³-hybridized carbons (Fsp3) is 0.478. The Labute approximate surface area is 217 Å². The minimum Gasteiger partial charge on any atom is -0.462 e. The standard InChI is InChI=1S/C23H26ClN3O7S2/c1-3-33-23(30)20-16-5-4-6-17(16)35-22(20)25-18(28)11-34-19(29)8-7-15-13(2)26-27(21(15)24)14-9-10-36(31,32)12-14/h7-8,14H,3-6,9-12H2,1-2H3,(H,25,28)/b8-7+/t14-/m1/s1. The summed E-state index contributed by atoms with van der Waals surface area (Å²) in [6.45, 7) is 3.10. The van der Waals surface area contributed by atoms with E-state index in [-0.39, 0.29) is 29.3 Å². The second-order valence-corrected chi connectivity index (χ2v) is 12.3. The van der Waals surface area contributed by atoms with E-state index in [1.165, 1.54) is 22.1 Å². The quantitative estimate of drug-likeness (QED) is 0.388. The number of aryl methyl sites for hydroxylation is 2. The summed E-state index contributed by atoms with van der Waals surface area (Å²) >= 11 is 7.74. The van der Waals surface area contributed by atoms with Gasteiger partial charge in [-0.25, -0.2) is 22.7 Å². The second-order valence-electron chi connectivity index (χ2n) is 8.56. The van der Waals surface area contributed by atoms with Crippen molar-refractivity contribution in [3.8, 4) is 0 Å². The fourth-order valence-corrected chi connectivity index (χ4v) is 7.70. The largest absolute Gasteiger partial charge is 0.462 e. The van der Waals surface area contributed by atoms with Gasteiger partial charge in [-0.15, -0.1) is 11.3 Å². The van der Waals surface area contributed by atoms with Gasteiger partial charge in [0.15, 0.2) is 16.4 Å². The second kappa shape index (κ2) is 10.7. The number of nitrogens with one attached hydrogen (secondary N) is 1. The molecule has 1 N–H and O–H groups in total. The molecule has 0 spiro atoms. The van der Waals surface area contributed by atoms with Crippen molar-refractivity contribution in [2.24, 2.45) is 0 Å². The van der Waals surface area contributed by atoms with E-state index in [1.807, 2.05) is 0 Å². The topological polar surface area (TPSA) is 134 Å². The molecule has 1 saturated heterocycles. The molecule has 1 atom stereocenters. The molecule has 4 rings (SSSR count). The van der Waals surface area contributed by atoms with Crippen LogP contribution < -0.4 is 5.32 Å². The van der Waals surface area contributed by atoms with Crippen LogP contribution in [-0.2, 0) is 41.7 Å². The van der Waals surface area contributed by atoms with Crippen LogP contribution in [0.4, 0.5) is 5.00 Å². The lowest BCUT2D eigenvalue weighted by Crippen LogP contribution is -2.21. The highest BCUT2D eigenvalue weighted by Crippen LogP contribution is 2.39. The van der Waals surface area contributed by atoms with Crippen molar-refractivity contribution in [3.63, 3.8) is 0 Å². The third kappa shape index (κ3) is 5.65. The molecule has 36 heavy (non-hydrogen) atoms. The van der Waals surface area contributed by atoms with Gasteiger partial charge in [0.05, 0.1) is 35.4 Å². The van der Waals surface area contributed by atoms with Crippen LogP contribution in [0, 0.1) is 6.92 Å². The van der Waals surface area contributed by atoms with Crippen LogP contribution in [0.1, 0.15) is 57.9 Å². The highest BCUT2D eigenvalue weighted by atomic mass is 35.5. The summed E-state index contributed by atoms with van der Waals surface area (Å²) in [5.41, 5.74) is 2.29. The lowest BCUT2D eigenvalue weighted by molar-refractivity contribution is -0.142. The number of hydrogen-bond acceptors (Lipinski definition) is 9. The minimum absolute atomic E-state index is 0.0285. The lowest BCUT2D eigenvalue weighted by Gasteiger charge is -2.09. The van der Waals surface area contributed by atoms with Gasteiger partial charge in [0, 0.05) is 16.5 Å². The van der Waals surface area contributed by atoms with Crippen molar-refractivity contribution in [2.45, 2.75) is 45.6 Å². The predicted molar refractivity (Wildman–Crippen MR) is 135 cm³/mol. The van der Waals surface area contributed by atoms with E-state index in [4.69, 9.17) is 21.1 Å². The van der Waals surface area contributed by atoms with E-state index in [9.17, 15) is 22.8 Å². The number of esters is 2. The molecule has 1 fully saturated rings. The molecule has 194 valence electrons. The van der Waals surface area contributed by atoms with E-state index in [2.05, 4.69) is 10.4 Å². The Kier molecular flexibility index (Phi) is 7.86. The first kappa shape index (κ1) is 26.4. The van der Waals surface area contributed by atoms with Crippen LogP contribution in [0.5, 0.6) is 0 Å². The van der Waals surface area contributed by atoms with Gasteiger partial charge in [-0.3, -0.25) is 4.79 Å². The maximum atomic E-state index is 12.4. The van der Waals surface area contributed by atoms with Gasteiger partial charge < -0.3 is 14.8 Å². The van der Waals surface area contributed by atoms with Gasteiger partial charge in [-0.1, -0.05) is 11.6 Å². The fourth-order valence-electron chi connectivity index (χ4n) is 4.34. The number of hydrogen-bond donors (Lipinski definition) is 1. The molecule has 1 amide bonds. The first-order valence-electron chi connectivity index (χ1n) is 11.5. The number of sulfone groups is 1. The molecule has 0 aromatic carbocycles. The first-order valence-corrected chi connectivity index (χ1v) is 14.5. The van der Waals surface area contributed by atoms with Crippen molar-refractivity contribution < 1.29 is 32.3 Å². The Hall–Kier alpha value is -2.70. The predicted octanol–water partition coefficient (Wildman–Crippen LogP) is 3.13. The third-order valence-corrected chi connectivity index (χ3v) is 9.34. The van der Waals surface area contributed by atoms with Crippen molar-refractivity contribution in [1.82, 2.24) is 9.78 Å². The molecule has 0 saturated carbocycles. The van der Waals surface area contributed by atoms with Crippen LogP contribution >= 0.6 is 22.9 Å². The number of amides is 1. The Morgan fingerprint density at radius 2 is 2.06 bits per heavy atom. The molecular weight excluding hydrogens is 530 g/mol. The van der Waals surface area contributed by atoms with Gasteiger partial charge >= 0.3 is 11.9 Å². The molecule has 13 heteroatoms. The van der Waals surface area contributed by atoms with Crippen molar-refractivity contribution >= 4 is 61.7 Å². The normalized spacial score (nSPS) is 18.4. The Morgan fingerprint density at radius 3 is 2.75 bits per heavy atom. The number of nitrogens with zero attached hydrogens (tertiary/aromatic N) is 2. The summed E-state index contributed by atoms with van der Waals surface area (Å²) in [7, 11) is -3.11. The third-order valence-electron chi connectivity index (χ3n) is 6.01. The zero-order valence-corrected chi connectivity index (χ0v) is 22.2. The number of fused-ring (bicyclic) bond motifs is 1. The molecule has 0 unspecified atom stereocenters. The van der Waals surface area contributed by atoms with Gasteiger partial charge in [0.2, 0.25) is 0 Å². The molecule has 10 nitrogen and oxygen atoms in total. The highest BCUT2D eigenvalue weighted by molar-refractivity contribution is 7.91. The molecule has 2 aromatic rings. The Morgan fingerprint density at radius 1 is 1.28 bits per heavy atom. The molecule has 3 heterocycles. The average Bonchev–Trinajstić information content (AvgIpc) is 3.55. The number of halogens is 1. The van der Waals surface area contributed by atoms with Crippen molar-refractivity contribution in [2.75, 3.05) is 30.0 Å². The number of carbonyl (C=O) groups is 3. The number of carbonyl (C=O) groups excluding carboxylic acids is 3. The van der Waals surface area contributed by atoms with E-state index in [1.54, 1.807) is 13.8 Å². The molecule has 1 aliphatic heterocycles. The van der Waals surface area contributed by atoms with E-state index in [0.717, 1.165) is 35.8 Å². The summed E-state index contributed by atoms with van der Waals surface area (Å²) in [6, 6.07) is -0.350.